The minimum Gasteiger partial charge on any atom is -0.351 e. The van der Waals surface area contributed by atoms with Crippen LogP contribution in [-0.4, -0.2) is 70.8 Å². The third-order valence-corrected chi connectivity index (χ3v) is 4.81. The number of pyridine rings is 1. The second-order valence-corrected chi connectivity index (χ2v) is 6.80. The molecule has 0 aromatic carbocycles. The van der Waals surface area contributed by atoms with Crippen LogP contribution in [0.5, 0.6) is 0 Å². The molecule has 0 aliphatic carbocycles. The first-order valence-electron chi connectivity index (χ1n) is 9.35. The van der Waals surface area contributed by atoms with E-state index >= 15 is 0 Å². The molecule has 0 radical (unpaired) electrons. The van der Waals surface area contributed by atoms with Crippen LogP contribution in [0.2, 0.25) is 0 Å². The molecular weight excluding hydrogens is 330 g/mol. The number of rotatable bonds is 6. The topological polar surface area (TPSA) is 70.0 Å². The third-order valence-electron chi connectivity index (χ3n) is 4.81. The predicted molar refractivity (Wildman–Crippen MR) is 100 cm³/mol. The molecule has 1 N–H and O–H groups in total. The second-order valence-electron chi connectivity index (χ2n) is 6.80. The van der Waals surface area contributed by atoms with E-state index in [1.807, 2.05) is 30.1 Å². The number of amides is 2. The minimum atomic E-state index is -0.220. The number of hydrogen-bond acceptors (Lipinski definition) is 4. The van der Waals surface area contributed by atoms with Crippen molar-refractivity contribution in [3.05, 3.63) is 35.9 Å². The molecule has 7 heteroatoms. The molecule has 3 heterocycles. The van der Waals surface area contributed by atoms with Crippen LogP contribution in [0.25, 0.3) is 5.52 Å². The highest BCUT2D eigenvalue weighted by Crippen LogP contribution is 2.16. The van der Waals surface area contributed by atoms with E-state index in [1.54, 1.807) is 10.6 Å². The number of imidazole rings is 1. The van der Waals surface area contributed by atoms with Crippen LogP contribution in [0.4, 0.5) is 0 Å². The number of fused-ring (bicyclic) bond motifs is 1. The van der Waals surface area contributed by atoms with Gasteiger partial charge in [-0.05, 0) is 25.6 Å². The van der Waals surface area contributed by atoms with Crippen molar-refractivity contribution in [3.8, 4) is 0 Å². The van der Waals surface area contributed by atoms with Gasteiger partial charge < -0.3 is 15.1 Å². The van der Waals surface area contributed by atoms with Crippen LogP contribution < -0.4 is 5.32 Å². The molecule has 1 aliphatic rings. The molecule has 0 unspecified atom stereocenters. The Bertz CT molecular complexity index is 777. The molecule has 0 bridgehead atoms. The van der Waals surface area contributed by atoms with Gasteiger partial charge in [-0.15, -0.1) is 0 Å². The Kier molecular flexibility index (Phi) is 5.88. The van der Waals surface area contributed by atoms with Gasteiger partial charge in [0.15, 0.2) is 5.69 Å². The first-order valence-corrected chi connectivity index (χ1v) is 9.35. The number of likely N-dealkylation sites (N-methyl/N-ethyl adjacent to an activating group) is 1. The number of carbonyl (C=O) groups is 2. The molecular formula is C19H27N5O2. The zero-order valence-corrected chi connectivity index (χ0v) is 15.6. The number of carbonyl (C=O) groups excluding carboxylic acids is 2. The number of piperazine rings is 1. The Morgan fingerprint density at radius 2 is 1.92 bits per heavy atom. The summed E-state index contributed by atoms with van der Waals surface area (Å²) in [6, 6.07) is 5.53. The number of nitrogens with zero attached hydrogens (tertiary/aromatic N) is 4. The van der Waals surface area contributed by atoms with Gasteiger partial charge in [0.05, 0.1) is 5.52 Å². The van der Waals surface area contributed by atoms with Crippen LogP contribution >= 0.6 is 0 Å². The van der Waals surface area contributed by atoms with Gasteiger partial charge in [0.1, 0.15) is 0 Å². The second kappa shape index (κ2) is 8.31. The van der Waals surface area contributed by atoms with Crippen molar-refractivity contribution in [3.63, 3.8) is 0 Å². The monoisotopic (exact) mass is 357 g/mol. The zero-order chi connectivity index (χ0) is 18.5. The van der Waals surface area contributed by atoms with Crippen LogP contribution in [0.1, 0.15) is 47.3 Å². The first-order chi connectivity index (χ1) is 12.6. The number of unbranched alkanes of at least 4 members (excludes halogenated alkanes) is 2. The largest absolute Gasteiger partial charge is 0.351 e. The van der Waals surface area contributed by atoms with Crippen LogP contribution in [0.15, 0.2) is 24.4 Å². The van der Waals surface area contributed by atoms with Crippen LogP contribution in [0, 0.1) is 0 Å². The van der Waals surface area contributed by atoms with Crippen LogP contribution in [0.3, 0.4) is 0 Å². The van der Waals surface area contributed by atoms with E-state index < -0.39 is 0 Å². The molecule has 26 heavy (non-hydrogen) atoms. The van der Waals surface area contributed by atoms with Gasteiger partial charge in [0.25, 0.3) is 11.8 Å². The van der Waals surface area contributed by atoms with Crippen molar-refractivity contribution in [2.24, 2.45) is 0 Å². The maximum atomic E-state index is 12.9. The van der Waals surface area contributed by atoms with E-state index in [1.165, 1.54) is 0 Å². The SMILES string of the molecule is CCCCCNC(=O)c1nc(C(=O)N2CCN(C)CC2)n2ccccc12. The Morgan fingerprint density at radius 1 is 1.15 bits per heavy atom. The van der Waals surface area contributed by atoms with Crippen molar-refractivity contribution < 1.29 is 9.59 Å². The summed E-state index contributed by atoms with van der Waals surface area (Å²) < 4.78 is 1.72. The van der Waals surface area contributed by atoms with E-state index in [0.29, 0.717) is 36.7 Å². The molecule has 2 aromatic rings. The van der Waals surface area contributed by atoms with Gasteiger partial charge in [0, 0.05) is 38.9 Å². The van der Waals surface area contributed by atoms with E-state index in [9.17, 15) is 9.59 Å². The minimum absolute atomic E-state index is 0.121. The molecule has 0 spiro atoms. The molecule has 7 nitrogen and oxygen atoms in total. The number of aromatic nitrogens is 2. The zero-order valence-electron chi connectivity index (χ0n) is 15.6. The van der Waals surface area contributed by atoms with Gasteiger partial charge in [-0.1, -0.05) is 25.8 Å². The molecule has 1 saturated heterocycles. The lowest BCUT2D eigenvalue weighted by atomic mass is 10.2. The summed E-state index contributed by atoms with van der Waals surface area (Å²) in [5.74, 6) is -0.0320. The Balaban J connectivity index is 1.83. The summed E-state index contributed by atoms with van der Waals surface area (Å²) in [5.41, 5.74) is 0.984. The number of hydrogen-bond donors (Lipinski definition) is 1. The summed E-state index contributed by atoms with van der Waals surface area (Å²) >= 11 is 0. The molecule has 3 rings (SSSR count). The summed E-state index contributed by atoms with van der Waals surface area (Å²) in [4.78, 5) is 33.9. The van der Waals surface area contributed by atoms with Gasteiger partial charge in [-0.3, -0.25) is 14.0 Å². The van der Waals surface area contributed by atoms with Crippen molar-refractivity contribution in [1.29, 1.82) is 0 Å². The Labute approximate surface area is 154 Å². The fourth-order valence-electron chi connectivity index (χ4n) is 3.17. The summed E-state index contributed by atoms with van der Waals surface area (Å²) in [6.45, 7) is 5.80. The lowest BCUT2D eigenvalue weighted by molar-refractivity contribution is 0.0651. The van der Waals surface area contributed by atoms with Gasteiger partial charge in [-0.2, -0.15) is 0 Å². The quantitative estimate of drug-likeness (QED) is 0.798. The fraction of sp³-hybridized carbons (Fsp3) is 0.526. The van der Waals surface area contributed by atoms with E-state index in [-0.39, 0.29) is 11.8 Å². The predicted octanol–water partition coefficient (Wildman–Crippen LogP) is 1.64. The highest BCUT2D eigenvalue weighted by Gasteiger charge is 2.26. The van der Waals surface area contributed by atoms with Gasteiger partial charge >= 0.3 is 0 Å². The first kappa shape index (κ1) is 18.4. The maximum Gasteiger partial charge on any atom is 0.290 e. The lowest BCUT2D eigenvalue weighted by Gasteiger charge is -2.31. The molecule has 0 saturated carbocycles. The maximum absolute atomic E-state index is 12.9. The van der Waals surface area contributed by atoms with Gasteiger partial charge in [0.2, 0.25) is 5.82 Å². The van der Waals surface area contributed by atoms with Crippen LogP contribution in [-0.2, 0) is 0 Å². The normalized spacial score (nSPS) is 15.4. The van der Waals surface area contributed by atoms with E-state index in [2.05, 4.69) is 22.1 Å². The molecule has 140 valence electrons. The van der Waals surface area contributed by atoms with E-state index in [0.717, 1.165) is 32.4 Å². The van der Waals surface area contributed by atoms with E-state index in [4.69, 9.17) is 0 Å². The van der Waals surface area contributed by atoms with Crippen molar-refractivity contribution in [2.75, 3.05) is 39.8 Å². The van der Waals surface area contributed by atoms with Crippen molar-refractivity contribution in [2.45, 2.75) is 26.2 Å². The van der Waals surface area contributed by atoms with Crippen molar-refractivity contribution >= 4 is 17.3 Å². The average molecular weight is 357 g/mol. The Hall–Kier alpha value is -2.41. The molecule has 1 fully saturated rings. The smallest absolute Gasteiger partial charge is 0.290 e. The molecule has 1 aliphatic heterocycles. The van der Waals surface area contributed by atoms with Gasteiger partial charge in [-0.25, -0.2) is 4.98 Å². The lowest BCUT2D eigenvalue weighted by Crippen LogP contribution is -2.47. The average Bonchev–Trinajstić information content (AvgIpc) is 3.05. The molecule has 2 amide bonds. The Morgan fingerprint density at radius 3 is 2.65 bits per heavy atom. The highest BCUT2D eigenvalue weighted by molar-refractivity contribution is 6.02. The summed E-state index contributed by atoms with van der Waals surface area (Å²) in [6.07, 6.45) is 4.92. The summed E-state index contributed by atoms with van der Waals surface area (Å²) in [7, 11) is 2.05. The van der Waals surface area contributed by atoms with Crippen molar-refractivity contribution in [1.82, 2.24) is 24.5 Å². The highest BCUT2D eigenvalue weighted by atomic mass is 16.2. The summed E-state index contributed by atoms with van der Waals surface area (Å²) in [5, 5.41) is 2.92. The molecule has 2 aromatic heterocycles. The molecule has 0 atom stereocenters. The third kappa shape index (κ3) is 3.88. The standard InChI is InChI=1S/C19H27N5O2/c1-3-4-6-9-20-18(25)16-15-8-5-7-10-24(15)17(21-16)19(26)23-13-11-22(2)12-14-23/h5,7-8,10H,3-4,6,9,11-14H2,1-2H3,(H,20,25). The fourth-order valence-corrected chi connectivity index (χ4v) is 3.17. The number of nitrogens with one attached hydrogen (secondary N) is 1.